The molecule has 0 spiro atoms. The highest BCUT2D eigenvalue weighted by atomic mass is 79.9. The molecule has 0 fully saturated rings. The molecular weight excluding hydrogens is 302 g/mol. The molecule has 0 saturated heterocycles. The van der Waals surface area contributed by atoms with Crippen LogP contribution in [0, 0.1) is 0 Å². The summed E-state index contributed by atoms with van der Waals surface area (Å²) < 4.78 is 2.78. The normalized spacial score (nSPS) is 10.8. The molecule has 1 aromatic heterocycles. The summed E-state index contributed by atoms with van der Waals surface area (Å²) in [5, 5.41) is 0.761. The van der Waals surface area contributed by atoms with Gasteiger partial charge in [0.05, 0.1) is 5.69 Å². The Labute approximate surface area is 114 Å². The molecule has 0 aliphatic heterocycles. The SMILES string of the molecule is Cn1c(N)nc(CCc2ccc(Cl)cc2)c1Br. The average molecular weight is 315 g/mol. The van der Waals surface area contributed by atoms with Crippen LogP contribution < -0.4 is 5.73 Å². The molecule has 2 rings (SSSR count). The summed E-state index contributed by atoms with van der Waals surface area (Å²) in [6.45, 7) is 0. The Morgan fingerprint density at radius 2 is 1.94 bits per heavy atom. The predicted molar refractivity (Wildman–Crippen MR) is 74.2 cm³/mol. The van der Waals surface area contributed by atoms with E-state index in [1.54, 1.807) is 0 Å². The summed E-state index contributed by atoms with van der Waals surface area (Å²) in [7, 11) is 1.89. The molecule has 3 nitrogen and oxygen atoms in total. The molecule has 0 bridgehead atoms. The van der Waals surface area contributed by atoms with E-state index in [0.717, 1.165) is 28.2 Å². The molecule has 90 valence electrons. The summed E-state index contributed by atoms with van der Waals surface area (Å²) in [4.78, 5) is 4.31. The van der Waals surface area contributed by atoms with Gasteiger partial charge in [0, 0.05) is 12.1 Å². The summed E-state index contributed by atoms with van der Waals surface area (Å²) in [5.74, 6) is 0.531. The second kappa shape index (κ2) is 5.10. The van der Waals surface area contributed by atoms with E-state index in [9.17, 15) is 0 Å². The van der Waals surface area contributed by atoms with Gasteiger partial charge in [0.2, 0.25) is 5.95 Å². The van der Waals surface area contributed by atoms with Crippen LogP contribution in [-0.2, 0) is 19.9 Å². The number of imidazole rings is 1. The highest BCUT2D eigenvalue weighted by Gasteiger charge is 2.09. The highest BCUT2D eigenvalue weighted by Crippen LogP contribution is 2.20. The number of nitrogen functional groups attached to an aromatic ring is 1. The summed E-state index contributed by atoms with van der Waals surface area (Å²) in [5.41, 5.74) is 7.96. The zero-order valence-corrected chi connectivity index (χ0v) is 11.8. The van der Waals surface area contributed by atoms with Gasteiger partial charge in [-0.05, 0) is 46.5 Å². The van der Waals surface area contributed by atoms with Crippen LogP contribution in [0.25, 0.3) is 0 Å². The van der Waals surface area contributed by atoms with E-state index in [2.05, 4.69) is 20.9 Å². The number of nitrogens with zero attached hydrogens (tertiary/aromatic N) is 2. The van der Waals surface area contributed by atoms with Crippen LogP contribution in [0.15, 0.2) is 28.9 Å². The highest BCUT2D eigenvalue weighted by molar-refractivity contribution is 9.10. The lowest BCUT2D eigenvalue weighted by atomic mass is 10.1. The van der Waals surface area contributed by atoms with Crippen LogP contribution in [0.5, 0.6) is 0 Å². The van der Waals surface area contributed by atoms with Gasteiger partial charge >= 0.3 is 0 Å². The number of aryl methyl sites for hydroxylation is 2. The van der Waals surface area contributed by atoms with Crippen molar-refractivity contribution in [2.24, 2.45) is 7.05 Å². The standard InChI is InChI=1S/C12H13BrClN3/c1-17-11(13)10(16-12(17)15)7-4-8-2-5-9(14)6-3-8/h2-3,5-6H,4,7H2,1H3,(H2,15,16). The first-order valence-corrected chi connectivity index (χ1v) is 6.46. The van der Waals surface area contributed by atoms with Crippen LogP contribution in [0.4, 0.5) is 5.95 Å². The fourth-order valence-electron chi connectivity index (χ4n) is 1.63. The van der Waals surface area contributed by atoms with E-state index in [1.807, 2.05) is 35.9 Å². The van der Waals surface area contributed by atoms with Crippen LogP contribution in [0.3, 0.4) is 0 Å². The number of aromatic nitrogens is 2. The Kier molecular flexibility index (Phi) is 3.74. The predicted octanol–water partition coefficient (Wildman–Crippen LogP) is 3.20. The summed E-state index contributed by atoms with van der Waals surface area (Å²) in [6, 6.07) is 7.86. The van der Waals surface area contributed by atoms with E-state index >= 15 is 0 Å². The van der Waals surface area contributed by atoms with Gasteiger partial charge in [-0.3, -0.25) is 0 Å². The van der Waals surface area contributed by atoms with Crippen molar-refractivity contribution < 1.29 is 0 Å². The Bertz CT molecular complexity index is 519. The third-order valence-electron chi connectivity index (χ3n) is 2.69. The lowest BCUT2D eigenvalue weighted by Crippen LogP contribution is -1.96. The molecule has 0 amide bonds. The first-order valence-electron chi connectivity index (χ1n) is 5.29. The van der Waals surface area contributed by atoms with Crippen LogP contribution in [-0.4, -0.2) is 9.55 Å². The number of anilines is 1. The van der Waals surface area contributed by atoms with E-state index in [1.165, 1.54) is 5.56 Å². The Hall–Kier alpha value is -1.000. The maximum atomic E-state index is 5.84. The summed E-state index contributed by atoms with van der Waals surface area (Å²) >= 11 is 9.32. The molecule has 5 heteroatoms. The number of nitrogens with two attached hydrogens (primary N) is 1. The van der Waals surface area contributed by atoms with E-state index in [0.29, 0.717) is 5.95 Å². The largest absolute Gasteiger partial charge is 0.369 e. The maximum Gasteiger partial charge on any atom is 0.201 e. The van der Waals surface area contributed by atoms with Gasteiger partial charge in [-0.25, -0.2) is 4.98 Å². The van der Waals surface area contributed by atoms with Crippen molar-refractivity contribution in [1.29, 1.82) is 0 Å². The van der Waals surface area contributed by atoms with E-state index in [-0.39, 0.29) is 0 Å². The first kappa shape index (κ1) is 12.5. The van der Waals surface area contributed by atoms with Crippen molar-refractivity contribution in [2.75, 3.05) is 5.73 Å². The molecule has 0 unspecified atom stereocenters. The zero-order valence-electron chi connectivity index (χ0n) is 9.45. The first-order chi connectivity index (χ1) is 8.08. The molecule has 1 aromatic carbocycles. The molecule has 1 heterocycles. The monoisotopic (exact) mass is 313 g/mol. The molecule has 2 N–H and O–H groups in total. The van der Waals surface area contributed by atoms with Gasteiger partial charge in [-0.2, -0.15) is 0 Å². The zero-order chi connectivity index (χ0) is 12.4. The van der Waals surface area contributed by atoms with Gasteiger partial charge < -0.3 is 10.3 Å². The van der Waals surface area contributed by atoms with Gasteiger partial charge in [0.1, 0.15) is 4.60 Å². The van der Waals surface area contributed by atoms with Gasteiger partial charge in [0.25, 0.3) is 0 Å². The molecule has 0 aliphatic carbocycles. The fourth-order valence-corrected chi connectivity index (χ4v) is 2.22. The molecule has 17 heavy (non-hydrogen) atoms. The summed E-state index contributed by atoms with van der Waals surface area (Å²) in [6.07, 6.45) is 1.78. The topological polar surface area (TPSA) is 43.8 Å². The minimum absolute atomic E-state index is 0.531. The van der Waals surface area contributed by atoms with Crippen molar-refractivity contribution >= 4 is 33.5 Å². The number of hydrogen-bond donors (Lipinski definition) is 1. The van der Waals surface area contributed by atoms with E-state index < -0.39 is 0 Å². The Morgan fingerprint density at radius 1 is 1.29 bits per heavy atom. The maximum absolute atomic E-state index is 5.84. The average Bonchev–Trinajstić information content (AvgIpc) is 2.56. The van der Waals surface area contributed by atoms with Crippen molar-refractivity contribution in [3.63, 3.8) is 0 Å². The minimum Gasteiger partial charge on any atom is -0.369 e. The van der Waals surface area contributed by atoms with Crippen molar-refractivity contribution in [2.45, 2.75) is 12.8 Å². The van der Waals surface area contributed by atoms with Crippen LogP contribution in [0.1, 0.15) is 11.3 Å². The molecule has 2 aromatic rings. The second-order valence-electron chi connectivity index (χ2n) is 3.89. The number of halogens is 2. The van der Waals surface area contributed by atoms with E-state index in [4.69, 9.17) is 17.3 Å². The van der Waals surface area contributed by atoms with Gasteiger partial charge in [0.15, 0.2) is 0 Å². The molecule has 0 saturated carbocycles. The lowest BCUT2D eigenvalue weighted by Gasteiger charge is -2.00. The third-order valence-corrected chi connectivity index (χ3v) is 3.93. The Morgan fingerprint density at radius 3 is 2.47 bits per heavy atom. The Balaban J connectivity index is 2.07. The van der Waals surface area contributed by atoms with Crippen LogP contribution >= 0.6 is 27.5 Å². The number of hydrogen-bond acceptors (Lipinski definition) is 2. The fraction of sp³-hybridized carbons (Fsp3) is 0.250. The molecule has 0 atom stereocenters. The number of rotatable bonds is 3. The third kappa shape index (κ3) is 2.82. The van der Waals surface area contributed by atoms with Gasteiger partial charge in [-0.15, -0.1) is 0 Å². The van der Waals surface area contributed by atoms with Gasteiger partial charge in [-0.1, -0.05) is 23.7 Å². The smallest absolute Gasteiger partial charge is 0.201 e. The quantitative estimate of drug-likeness (QED) is 0.945. The second-order valence-corrected chi connectivity index (χ2v) is 5.08. The van der Waals surface area contributed by atoms with Crippen LogP contribution in [0.2, 0.25) is 5.02 Å². The molecular formula is C12H13BrClN3. The van der Waals surface area contributed by atoms with Crippen molar-refractivity contribution in [3.05, 3.63) is 45.1 Å². The lowest BCUT2D eigenvalue weighted by molar-refractivity contribution is 0.884. The minimum atomic E-state index is 0.531. The van der Waals surface area contributed by atoms with Crippen molar-refractivity contribution in [3.8, 4) is 0 Å². The number of benzene rings is 1. The molecule has 0 radical (unpaired) electrons. The van der Waals surface area contributed by atoms with Crippen molar-refractivity contribution in [1.82, 2.24) is 9.55 Å². The molecule has 0 aliphatic rings.